The van der Waals surface area contributed by atoms with E-state index in [4.69, 9.17) is 9.47 Å². The molecule has 150 valence electrons. The van der Waals surface area contributed by atoms with Gasteiger partial charge in [0.25, 0.3) is 0 Å². The second kappa shape index (κ2) is 7.12. The number of hydrogen-bond acceptors (Lipinski definition) is 10. The monoisotopic (exact) mass is 422 g/mol. The molecule has 0 atom stereocenters. The Morgan fingerprint density at radius 1 is 1.10 bits per heavy atom. The van der Waals surface area contributed by atoms with Crippen LogP contribution in [0.5, 0.6) is 11.5 Å². The second-order valence-corrected chi connectivity index (χ2v) is 7.47. The normalized spacial score (nSPS) is 12.2. The van der Waals surface area contributed by atoms with Gasteiger partial charge in [-0.3, -0.25) is 10.1 Å². The summed E-state index contributed by atoms with van der Waals surface area (Å²) in [5, 5.41) is 18.3. The number of aromatic nitrogens is 3. The van der Waals surface area contributed by atoms with Crippen molar-refractivity contribution in [2.24, 2.45) is 0 Å². The summed E-state index contributed by atoms with van der Waals surface area (Å²) in [6.45, 7) is 2.11. The third-order valence-electron chi connectivity index (χ3n) is 4.49. The van der Waals surface area contributed by atoms with E-state index in [-0.39, 0.29) is 24.1 Å². The van der Waals surface area contributed by atoms with Crippen molar-refractivity contribution in [3.8, 4) is 11.5 Å². The number of nitrogens with one attached hydrogen (secondary N) is 2. The molecule has 30 heavy (non-hydrogen) atoms. The van der Waals surface area contributed by atoms with Crippen molar-refractivity contribution in [1.82, 2.24) is 15.0 Å². The fourth-order valence-corrected chi connectivity index (χ4v) is 4.03. The molecule has 0 saturated carbocycles. The number of rotatable bonds is 5. The van der Waals surface area contributed by atoms with Crippen LogP contribution < -0.4 is 20.1 Å². The second-order valence-electron chi connectivity index (χ2n) is 6.44. The van der Waals surface area contributed by atoms with Crippen LogP contribution in [0.1, 0.15) is 5.56 Å². The number of nitrogens with zero attached hydrogens (tertiary/aromatic N) is 4. The van der Waals surface area contributed by atoms with Crippen LogP contribution in [0, 0.1) is 17.0 Å². The first-order valence-corrected chi connectivity index (χ1v) is 9.69. The van der Waals surface area contributed by atoms with Gasteiger partial charge in [0.05, 0.1) is 15.1 Å². The number of nitro groups is 1. The molecule has 11 heteroatoms. The molecule has 0 unspecified atom stereocenters. The van der Waals surface area contributed by atoms with Crippen LogP contribution in [0.15, 0.2) is 42.7 Å². The van der Waals surface area contributed by atoms with Crippen molar-refractivity contribution in [3.63, 3.8) is 0 Å². The molecule has 0 saturated heterocycles. The SMILES string of the molecule is Cc1cccc2sc(Nc3ncnc(Nc4ccc5c(c4)OCO5)c3[N+](=O)[O-])nc12. The molecule has 4 aromatic rings. The van der Waals surface area contributed by atoms with Crippen molar-refractivity contribution in [3.05, 3.63) is 58.4 Å². The summed E-state index contributed by atoms with van der Waals surface area (Å²) in [6, 6.07) is 11.0. The molecule has 2 aromatic heterocycles. The summed E-state index contributed by atoms with van der Waals surface area (Å²) in [5.41, 5.74) is 2.16. The first-order chi connectivity index (χ1) is 14.6. The van der Waals surface area contributed by atoms with E-state index < -0.39 is 4.92 Å². The smallest absolute Gasteiger partial charge is 0.353 e. The first kappa shape index (κ1) is 18.1. The van der Waals surface area contributed by atoms with Crippen LogP contribution in [0.25, 0.3) is 10.2 Å². The van der Waals surface area contributed by atoms with E-state index >= 15 is 0 Å². The lowest BCUT2D eigenvalue weighted by Crippen LogP contribution is -2.05. The van der Waals surface area contributed by atoms with Crippen LogP contribution in [0.4, 0.5) is 28.1 Å². The topological polar surface area (TPSA) is 124 Å². The van der Waals surface area contributed by atoms with Crippen LogP contribution >= 0.6 is 11.3 Å². The van der Waals surface area contributed by atoms with Crippen molar-refractivity contribution in [1.29, 1.82) is 0 Å². The molecule has 1 aliphatic heterocycles. The predicted molar refractivity (Wildman–Crippen MR) is 112 cm³/mol. The minimum absolute atomic E-state index is 0.0497. The van der Waals surface area contributed by atoms with Gasteiger partial charge in [-0.05, 0) is 30.7 Å². The van der Waals surface area contributed by atoms with Crippen molar-refractivity contribution in [2.45, 2.75) is 6.92 Å². The van der Waals surface area contributed by atoms with Gasteiger partial charge in [-0.2, -0.15) is 0 Å². The lowest BCUT2D eigenvalue weighted by Gasteiger charge is -2.09. The van der Waals surface area contributed by atoms with Gasteiger partial charge in [-0.15, -0.1) is 0 Å². The Morgan fingerprint density at radius 2 is 1.90 bits per heavy atom. The summed E-state index contributed by atoms with van der Waals surface area (Å²) < 4.78 is 11.6. The number of thiazole rings is 1. The highest BCUT2D eigenvalue weighted by Gasteiger charge is 2.25. The maximum absolute atomic E-state index is 11.8. The number of hydrogen-bond donors (Lipinski definition) is 2. The van der Waals surface area contributed by atoms with Gasteiger partial charge >= 0.3 is 5.69 Å². The van der Waals surface area contributed by atoms with Crippen molar-refractivity contribution in [2.75, 3.05) is 17.4 Å². The van der Waals surface area contributed by atoms with Crippen molar-refractivity contribution < 1.29 is 14.4 Å². The zero-order chi connectivity index (χ0) is 20.7. The fourth-order valence-electron chi connectivity index (χ4n) is 3.09. The van der Waals surface area contributed by atoms with Crippen LogP contribution in [0.3, 0.4) is 0 Å². The van der Waals surface area contributed by atoms with Gasteiger partial charge in [0.1, 0.15) is 6.33 Å². The summed E-state index contributed by atoms with van der Waals surface area (Å²) in [6.07, 6.45) is 1.25. The Bertz CT molecular complexity index is 1290. The molecule has 0 fully saturated rings. The van der Waals surface area contributed by atoms with E-state index in [0.29, 0.717) is 22.3 Å². The largest absolute Gasteiger partial charge is 0.454 e. The molecule has 2 N–H and O–H groups in total. The zero-order valence-electron chi connectivity index (χ0n) is 15.6. The van der Waals surface area contributed by atoms with E-state index in [9.17, 15) is 10.1 Å². The van der Waals surface area contributed by atoms with Crippen LogP contribution in [-0.2, 0) is 0 Å². The number of fused-ring (bicyclic) bond motifs is 2. The molecule has 0 aliphatic carbocycles. The summed E-state index contributed by atoms with van der Waals surface area (Å²) in [5.74, 6) is 1.27. The zero-order valence-corrected chi connectivity index (χ0v) is 16.4. The molecular formula is C19H14N6O4S. The van der Waals surface area contributed by atoms with Gasteiger partial charge < -0.3 is 20.1 Å². The number of anilines is 4. The Labute approximate surface area is 173 Å². The molecule has 0 spiro atoms. The van der Waals surface area contributed by atoms with Gasteiger partial charge in [0.15, 0.2) is 16.6 Å². The average Bonchev–Trinajstić information content (AvgIpc) is 3.34. The Balaban J connectivity index is 1.49. The highest BCUT2D eigenvalue weighted by molar-refractivity contribution is 7.22. The van der Waals surface area contributed by atoms with Crippen LogP contribution in [-0.4, -0.2) is 26.7 Å². The Morgan fingerprint density at radius 3 is 2.70 bits per heavy atom. The van der Waals surface area contributed by atoms with E-state index in [1.165, 1.54) is 17.7 Å². The average molecular weight is 422 g/mol. The Kier molecular flexibility index (Phi) is 4.29. The summed E-state index contributed by atoms with van der Waals surface area (Å²) >= 11 is 1.39. The lowest BCUT2D eigenvalue weighted by molar-refractivity contribution is -0.383. The van der Waals surface area contributed by atoms with Gasteiger partial charge in [-0.1, -0.05) is 23.5 Å². The predicted octanol–water partition coefficient (Wildman–Crippen LogP) is 4.52. The van der Waals surface area contributed by atoms with E-state index in [0.717, 1.165) is 15.8 Å². The molecule has 2 aromatic carbocycles. The molecule has 0 amide bonds. The van der Waals surface area contributed by atoms with Crippen molar-refractivity contribution >= 4 is 49.7 Å². The molecule has 0 bridgehead atoms. The molecular weight excluding hydrogens is 408 g/mol. The van der Waals surface area contributed by atoms with Gasteiger partial charge in [0.2, 0.25) is 18.4 Å². The summed E-state index contributed by atoms with van der Waals surface area (Å²) in [7, 11) is 0. The first-order valence-electron chi connectivity index (χ1n) is 8.88. The quantitative estimate of drug-likeness (QED) is 0.353. The van der Waals surface area contributed by atoms with E-state index in [1.807, 2.05) is 25.1 Å². The molecule has 5 rings (SSSR count). The van der Waals surface area contributed by atoms with E-state index in [1.54, 1.807) is 18.2 Å². The number of aryl methyl sites for hydroxylation is 1. The van der Waals surface area contributed by atoms with Gasteiger partial charge in [-0.25, -0.2) is 15.0 Å². The van der Waals surface area contributed by atoms with E-state index in [2.05, 4.69) is 25.6 Å². The Hall–Kier alpha value is -3.99. The standard InChI is InChI=1S/C19H14N6O4S/c1-10-3-2-4-14-15(10)23-19(30-14)24-18-16(25(26)27)17(20-8-21-18)22-11-5-6-12-13(7-11)29-9-28-12/h2-8H,9H2,1H3,(H2,20,21,22,23,24). The van der Waals surface area contributed by atoms with Gasteiger partial charge in [0, 0.05) is 11.8 Å². The highest BCUT2D eigenvalue weighted by atomic mass is 32.1. The molecule has 3 heterocycles. The molecule has 0 radical (unpaired) electrons. The maximum atomic E-state index is 11.8. The number of para-hydroxylation sites is 1. The number of ether oxygens (including phenoxy) is 2. The number of benzene rings is 2. The minimum Gasteiger partial charge on any atom is -0.454 e. The maximum Gasteiger partial charge on any atom is 0.353 e. The lowest BCUT2D eigenvalue weighted by atomic mass is 10.2. The third kappa shape index (κ3) is 3.20. The third-order valence-corrected chi connectivity index (χ3v) is 5.42. The summed E-state index contributed by atoms with van der Waals surface area (Å²) in [4.78, 5) is 23.9. The fraction of sp³-hybridized carbons (Fsp3) is 0.105. The molecule has 1 aliphatic rings. The van der Waals surface area contributed by atoms with Crippen LogP contribution in [0.2, 0.25) is 0 Å². The minimum atomic E-state index is -0.532. The highest BCUT2D eigenvalue weighted by Crippen LogP contribution is 2.38. The molecule has 10 nitrogen and oxygen atoms in total.